The topological polar surface area (TPSA) is 64.4 Å². The van der Waals surface area contributed by atoms with E-state index in [1.807, 2.05) is 0 Å². The van der Waals surface area contributed by atoms with Gasteiger partial charge in [-0.3, -0.25) is 4.79 Å². The fourth-order valence-electron chi connectivity index (χ4n) is 2.28. The molecule has 0 spiro atoms. The van der Waals surface area contributed by atoms with E-state index in [1.54, 1.807) is 0 Å². The van der Waals surface area contributed by atoms with Gasteiger partial charge in [-0.25, -0.2) is 0 Å². The Bertz CT molecular complexity index is 251. The summed E-state index contributed by atoms with van der Waals surface area (Å²) in [4.78, 5) is 11.8. The Morgan fingerprint density at radius 1 is 1.53 bits per heavy atom. The minimum Gasteiger partial charge on any atom is -0.364 e. The average Bonchev–Trinajstić information content (AvgIpc) is 2.63. The van der Waals surface area contributed by atoms with Gasteiger partial charge in [0.2, 0.25) is 5.91 Å². The van der Waals surface area contributed by atoms with Crippen LogP contribution in [-0.2, 0) is 9.53 Å². The van der Waals surface area contributed by atoms with Crippen molar-refractivity contribution in [1.82, 2.24) is 5.32 Å². The summed E-state index contributed by atoms with van der Waals surface area (Å²) in [5.41, 5.74) is 5.53. The smallest absolute Gasteiger partial charge is 0.249 e. The summed E-state index contributed by atoms with van der Waals surface area (Å²) in [5.74, 6) is 0.0492. The van der Waals surface area contributed by atoms with Crippen molar-refractivity contribution in [3.8, 4) is 0 Å². The van der Waals surface area contributed by atoms with Gasteiger partial charge in [-0.1, -0.05) is 0 Å². The number of nitrogens with one attached hydrogen (secondary N) is 1. The summed E-state index contributed by atoms with van der Waals surface area (Å²) in [7, 11) is 0. The van der Waals surface area contributed by atoms with E-state index in [9.17, 15) is 4.79 Å². The van der Waals surface area contributed by atoms with Crippen LogP contribution < -0.4 is 11.1 Å². The van der Waals surface area contributed by atoms with Crippen LogP contribution >= 0.6 is 0 Å². The molecule has 1 aliphatic heterocycles. The van der Waals surface area contributed by atoms with Crippen LogP contribution in [0.2, 0.25) is 0 Å². The third-order valence-electron chi connectivity index (χ3n) is 3.54. The Morgan fingerprint density at radius 2 is 2.27 bits per heavy atom. The zero-order chi connectivity index (χ0) is 10.9. The number of ether oxygens (including phenoxy) is 1. The van der Waals surface area contributed by atoms with Crippen LogP contribution in [0.1, 0.15) is 39.0 Å². The quantitative estimate of drug-likeness (QED) is 0.718. The van der Waals surface area contributed by atoms with Crippen LogP contribution in [0.15, 0.2) is 0 Å². The number of rotatable bonds is 3. The second-order valence-electron chi connectivity index (χ2n) is 4.96. The van der Waals surface area contributed by atoms with Gasteiger partial charge in [0.15, 0.2) is 0 Å². The molecule has 0 bridgehead atoms. The third-order valence-corrected chi connectivity index (χ3v) is 3.54. The number of carbonyl (C=O) groups is 1. The Hall–Kier alpha value is -0.610. The SMILES string of the molecule is CC1(NC(=O)C2CCC(CN)O2)CCC1. The van der Waals surface area contributed by atoms with Crippen LogP contribution in [0.3, 0.4) is 0 Å². The van der Waals surface area contributed by atoms with Gasteiger partial charge in [0.1, 0.15) is 6.10 Å². The van der Waals surface area contributed by atoms with Crippen molar-refractivity contribution < 1.29 is 9.53 Å². The molecule has 0 radical (unpaired) electrons. The zero-order valence-corrected chi connectivity index (χ0v) is 9.29. The van der Waals surface area contributed by atoms with E-state index in [2.05, 4.69) is 12.2 Å². The first kappa shape index (κ1) is 10.9. The molecule has 2 aliphatic rings. The molecule has 2 atom stereocenters. The normalized spacial score (nSPS) is 33.5. The second-order valence-corrected chi connectivity index (χ2v) is 4.96. The molecule has 1 saturated carbocycles. The van der Waals surface area contributed by atoms with E-state index in [1.165, 1.54) is 6.42 Å². The number of carbonyl (C=O) groups excluding carboxylic acids is 1. The Labute approximate surface area is 90.5 Å². The van der Waals surface area contributed by atoms with Crippen molar-refractivity contribution in [3.05, 3.63) is 0 Å². The van der Waals surface area contributed by atoms with Gasteiger partial charge in [-0.2, -0.15) is 0 Å². The number of hydrogen-bond acceptors (Lipinski definition) is 3. The first-order valence-electron chi connectivity index (χ1n) is 5.80. The van der Waals surface area contributed by atoms with Gasteiger partial charge in [0.25, 0.3) is 0 Å². The molecule has 0 aromatic carbocycles. The summed E-state index contributed by atoms with van der Waals surface area (Å²) in [6, 6.07) is 0. The number of amides is 1. The lowest BCUT2D eigenvalue weighted by atomic mass is 9.78. The van der Waals surface area contributed by atoms with Gasteiger partial charge in [-0.15, -0.1) is 0 Å². The number of hydrogen-bond donors (Lipinski definition) is 2. The molecule has 2 fully saturated rings. The van der Waals surface area contributed by atoms with E-state index < -0.39 is 0 Å². The predicted octanol–water partition coefficient (Wildman–Crippen LogP) is 0.551. The largest absolute Gasteiger partial charge is 0.364 e. The standard InChI is InChI=1S/C11H20N2O2/c1-11(5-2-6-11)13-10(14)9-4-3-8(7-12)15-9/h8-9H,2-7,12H2,1H3,(H,13,14). The molecular formula is C11H20N2O2. The van der Waals surface area contributed by atoms with Crippen molar-refractivity contribution in [2.75, 3.05) is 6.54 Å². The maximum absolute atomic E-state index is 11.8. The maximum Gasteiger partial charge on any atom is 0.249 e. The molecule has 1 aliphatic carbocycles. The van der Waals surface area contributed by atoms with E-state index in [4.69, 9.17) is 10.5 Å². The zero-order valence-electron chi connectivity index (χ0n) is 9.29. The number of nitrogens with two attached hydrogens (primary N) is 1. The van der Waals surface area contributed by atoms with Crippen LogP contribution in [0.25, 0.3) is 0 Å². The van der Waals surface area contributed by atoms with Crippen molar-refractivity contribution >= 4 is 5.91 Å². The van der Waals surface area contributed by atoms with Crippen molar-refractivity contribution in [3.63, 3.8) is 0 Å². The average molecular weight is 212 g/mol. The highest BCUT2D eigenvalue weighted by molar-refractivity contribution is 5.81. The molecule has 1 saturated heterocycles. The highest BCUT2D eigenvalue weighted by atomic mass is 16.5. The Balaban J connectivity index is 1.81. The van der Waals surface area contributed by atoms with E-state index in [-0.39, 0.29) is 23.7 Å². The highest BCUT2D eigenvalue weighted by Crippen LogP contribution is 2.31. The van der Waals surface area contributed by atoms with E-state index in [0.29, 0.717) is 6.54 Å². The second kappa shape index (κ2) is 4.10. The Morgan fingerprint density at radius 3 is 2.73 bits per heavy atom. The molecule has 2 rings (SSSR count). The van der Waals surface area contributed by atoms with Crippen molar-refractivity contribution in [1.29, 1.82) is 0 Å². The molecule has 4 nitrogen and oxygen atoms in total. The van der Waals surface area contributed by atoms with Gasteiger partial charge in [-0.05, 0) is 39.0 Å². The monoisotopic (exact) mass is 212 g/mol. The van der Waals surface area contributed by atoms with Crippen LogP contribution in [0.4, 0.5) is 0 Å². The van der Waals surface area contributed by atoms with Crippen molar-refractivity contribution in [2.24, 2.45) is 5.73 Å². The fourth-order valence-corrected chi connectivity index (χ4v) is 2.28. The Kier molecular flexibility index (Phi) is 2.98. The van der Waals surface area contributed by atoms with Crippen LogP contribution in [0.5, 0.6) is 0 Å². The molecule has 1 heterocycles. The lowest BCUT2D eigenvalue weighted by molar-refractivity contribution is -0.134. The molecule has 86 valence electrons. The van der Waals surface area contributed by atoms with Crippen molar-refractivity contribution in [2.45, 2.75) is 56.8 Å². The predicted molar refractivity (Wildman–Crippen MR) is 57.3 cm³/mol. The first-order valence-corrected chi connectivity index (χ1v) is 5.80. The molecule has 3 N–H and O–H groups in total. The molecule has 0 aromatic rings. The lowest BCUT2D eigenvalue weighted by Gasteiger charge is -2.39. The van der Waals surface area contributed by atoms with E-state index in [0.717, 1.165) is 25.7 Å². The maximum atomic E-state index is 11.8. The summed E-state index contributed by atoms with van der Waals surface area (Å²) < 4.78 is 5.55. The summed E-state index contributed by atoms with van der Waals surface area (Å²) in [5, 5.41) is 3.07. The molecule has 0 aromatic heterocycles. The molecule has 2 unspecified atom stereocenters. The van der Waals surface area contributed by atoms with Crippen LogP contribution in [0, 0.1) is 0 Å². The summed E-state index contributed by atoms with van der Waals surface area (Å²) >= 11 is 0. The van der Waals surface area contributed by atoms with E-state index >= 15 is 0 Å². The van der Waals surface area contributed by atoms with Gasteiger partial charge in [0, 0.05) is 12.1 Å². The molecular weight excluding hydrogens is 192 g/mol. The lowest BCUT2D eigenvalue weighted by Crippen LogP contribution is -2.53. The van der Waals surface area contributed by atoms with Crippen LogP contribution in [-0.4, -0.2) is 30.2 Å². The minimum absolute atomic E-state index is 0.0290. The third kappa shape index (κ3) is 2.32. The summed E-state index contributed by atoms with van der Waals surface area (Å²) in [6.45, 7) is 2.62. The fraction of sp³-hybridized carbons (Fsp3) is 0.909. The van der Waals surface area contributed by atoms with Gasteiger partial charge < -0.3 is 15.8 Å². The van der Waals surface area contributed by atoms with Gasteiger partial charge in [0.05, 0.1) is 6.10 Å². The summed E-state index contributed by atoms with van der Waals surface area (Å²) in [6.07, 6.45) is 4.92. The molecule has 15 heavy (non-hydrogen) atoms. The highest BCUT2D eigenvalue weighted by Gasteiger charge is 2.37. The molecule has 4 heteroatoms. The van der Waals surface area contributed by atoms with Gasteiger partial charge >= 0.3 is 0 Å². The molecule has 1 amide bonds. The minimum atomic E-state index is -0.268. The first-order chi connectivity index (χ1) is 7.13.